The van der Waals surface area contributed by atoms with Gasteiger partial charge in [-0.05, 0) is 51.7 Å². The zero-order chi connectivity index (χ0) is 17.3. The standard InChI is InChI=1S/C20H24O4/c1-12-5-4-6-15-11-16(23-20(15)22)9-13(2)10-18-17(8-7-12)14(3)19(21)24-18/h5,10-11,16-18H,3-4,6-9H2,1-2H3/b12-5-,13-10-/t16-,17+,18-/m0/s1. The molecule has 0 aromatic carbocycles. The van der Waals surface area contributed by atoms with Crippen LogP contribution in [0.3, 0.4) is 0 Å². The van der Waals surface area contributed by atoms with Gasteiger partial charge in [-0.2, -0.15) is 0 Å². The van der Waals surface area contributed by atoms with Gasteiger partial charge in [0.15, 0.2) is 0 Å². The molecule has 0 spiro atoms. The van der Waals surface area contributed by atoms with Gasteiger partial charge in [0.25, 0.3) is 0 Å². The Labute approximate surface area is 142 Å². The zero-order valence-corrected chi connectivity index (χ0v) is 14.3. The Morgan fingerprint density at radius 2 is 1.83 bits per heavy atom. The van der Waals surface area contributed by atoms with E-state index in [1.54, 1.807) is 0 Å². The number of esters is 2. The minimum atomic E-state index is -0.297. The van der Waals surface area contributed by atoms with Crippen molar-refractivity contribution in [3.05, 3.63) is 47.1 Å². The van der Waals surface area contributed by atoms with Crippen LogP contribution in [-0.4, -0.2) is 24.1 Å². The third-order valence-electron chi connectivity index (χ3n) is 4.99. The Morgan fingerprint density at radius 3 is 2.62 bits per heavy atom. The van der Waals surface area contributed by atoms with Crippen LogP contribution < -0.4 is 0 Å². The van der Waals surface area contributed by atoms with E-state index in [4.69, 9.17) is 9.47 Å². The molecule has 0 aromatic heterocycles. The number of rotatable bonds is 0. The van der Waals surface area contributed by atoms with E-state index in [2.05, 4.69) is 19.6 Å². The van der Waals surface area contributed by atoms with Gasteiger partial charge in [-0.1, -0.05) is 23.8 Å². The molecule has 0 saturated carbocycles. The normalized spacial score (nSPS) is 35.7. The molecule has 0 amide bonds. The van der Waals surface area contributed by atoms with E-state index in [9.17, 15) is 9.59 Å². The average molecular weight is 328 g/mol. The van der Waals surface area contributed by atoms with E-state index in [1.807, 2.05) is 19.1 Å². The molecule has 2 heterocycles. The average Bonchev–Trinajstić information content (AvgIpc) is 2.97. The van der Waals surface area contributed by atoms with Gasteiger partial charge in [-0.15, -0.1) is 0 Å². The summed E-state index contributed by atoms with van der Waals surface area (Å²) < 4.78 is 10.9. The second-order valence-corrected chi connectivity index (χ2v) is 6.98. The first-order chi connectivity index (χ1) is 11.4. The van der Waals surface area contributed by atoms with E-state index < -0.39 is 0 Å². The SMILES string of the molecule is C=C1C(=O)O[C@H]2/C=C(/C)C[C@H]3C=C(CC/C=C(/C)CC[C@H]12)C(=O)O3. The van der Waals surface area contributed by atoms with Gasteiger partial charge in [0.2, 0.25) is 0 Å². The summed E-state index contributed by atoms with van der Waals surface area (Å²) in [5, 5.41) is 0. The maximum Gasteiger partial charge on any atom is 0.334 e. The molecule has 0 aromatic rings. The van der Waals surface area contributed by atoms with Crippen molar-refractivity contribution in [2.45, 2.75) is 58.2 Å². The van der Waals surface area contributed by atoms with Gasteiger partial charge in [0.05, 0.1) is 0 Å². The first-order valence-corrected chi connectivity index (χ1v) is 8.58. The van der Waals surface area contributed by atoms with Crippen molar-refractivity contribution in [3.8, 4) is 0 Å². The molecular formula is C20H24O4. The van der Waals surface area contributed by atoms with Crippen molar-refractivity contribution < 1.29 is 19.1 Å². The predicted octanol–water partition coefficient (Wildman–Crippen LogP) is 3.79. The van der Waals surface area contributed by atoms with Crippen LogP contribution in [0.2, 0.25) is 0 Å². The molecule has 0 radical (unpaired) electrons. The molecule has 1 fully saturated rings. The summed E-state index contributed by atoms with van der Waals surface area (Å²) in [6, 6.07) is 0. The molecule has 4 nitrogen and oxygen atoms in total. The van der Waals surface area contributed by atoms with Gasteiger partial charge in [-0.25, -0.2) is 9.59 Å². The summed E-state index contributed by atoms with van der Waals surface area (Å²) >= 11 is 0. The number of ether oxygens (including phenoxy) is 2. The van der Waals surface area contributed by atoms with Crippen molar-refractivity contribution >= 4 is 11.9 Å². The Balaban J connectivity index is 1.86. The molecule has 3 aliphatic rings. The molecule has 1 saturated heterocycles. The van der Waals surface area contributed by atoms with Crippen molar-refractivity contribution in [1.82, 2.24) is 0 Å². The van der Waals surface area contributed by atoms with Gasteiger partial charge in [-0.3, -0.25) is 0 Å². The maximum absolute atomic E-state index is 11.9. The molecule has 3 atom stereocenters. The highest BCUT2D eigenvalue weighted by Crippen LogP contribution is 2.34. The first-order valence-electron chi connectivity index (χ1n) is 8.58. The molecule has 3 rings (SSSR count). The molecule has 2 bridgehead atoms. The number of allylic oxidation sites excluding steroid dienone is 2. The van der Waals surface area contributed by atoms with Crippen LogP contribution in [0, 0.1) is 5.92 Å². The Kier molecular flexibility index (Phi) is 4.74. The van der Waals surface area contributed by atoms with Crippen LogP contribution in [0.5, 0.6) is 0 Å². The minimum Gasteiger partial charge on any atom is -0.454 e. The monoisotopic (exact) mass is 328 g/mol. The van der Waals surface area contributed by atoms with E-state index in [0.717, 1.165) is 36.8 Å². The van der Waals surface area contributed by atoms with E-state index >= 15 is 0 Å². The molecule has 2 aliphatic heterocycles. The lowest BCUT2D eigenvalue weighted by atomic mass is 9.89. The number of carbonyl (C=O) groups is 2. The highest BCUT2D eigenvalue weighted by atomic mass is 16.6. The third-order valence-corrected chi connectivity index (χ3v) is 4.99. The van der Waals surface area contributed by atoms with Gasteiger partial charge in [0, 0.05) is 23.5 Å². The van der Waals surface area contributed by atoms with Crippen LogP contribution in [0.4, 0.5) is 0 Å². The van der Waals surface area contributed by atoms with Crippen molar-refractivity contribution in [2.75, 3.05) is 0 Å². The topological polar surface area (TPSA) is 52.6 Å². The first kappa shape index (κ1) is 16.7. The fraction of sp³-hybridized carbons (Fsp3) is 0.500. The summed E-state index contributed by atoms with van der Waals surface area (Å²) in [5.41, 5.74) is 3.67. The lowest BCUT2D eigenvalue weighted by molar-refractivity contribution is -0.139. The third kappa shape index (κ3) is 3.53. The Hall–Kier alpha value is -2.10. The summed E-state index contributed by atoms with van der Waals surface area (Å²) in [4.78, 5) is 23.8. The van der Waals surface area contributed by atoms with E-state index in [1.165, 1.54) is 5.57 Å². The largest absolute Gasteiger partial charge is 0.454 e. The smallest absolute Gasteiger partial charge is 0.334 e. The molecule has 0 unspecified atom stereocenters. The lowest BCUT2D eigenvalue weighted by Crippen LogP contribution is -2.16. The van der Waals surface area contributed by atoms with Gasteiger partial charge < -0.3 is 9.47 Å². The fourth-order valence-corrected chi connectivity index (χ4v) is 3.57. The van der Waals surface area contributed by atoms with Crippen LogP contribution in [0.1, 0.15) is 46.0 Å². The van der Waals surface area contributed by atoms with Crippen molar-refractivity contribution in [2.24, 2.45) is 5.92 Å². The maximum atomic E-state index is 11.9. The second kappa shape index (κ2) is 6.80. The molecular weight excluding hydrogens is 304 g/mol. The summed E-state index contributed by atoms with van der Waals surface area (Å²) in [6.45, 7) is 8.00. The molecule has 24 heavy (non-hydrogen) atoms. The number of hydrogen-bond donors (Lipinski definition) is 0. The van der Waals surface area contributed by atoms with Crippen molar-refractivity contribution in [1.29, 1.82) is 0 Å². The Bertz CT molecular complexity index is 665. The number of hydrogen-bond acceptors (Lipinski definition) is 4. The summed E-state index contributed by atoms with van der Waals surface area (Å²) in [5.74, 6) is -0.474. The summed E-state index contributed by atoms with van der Waals surface area (Å²) in [7, 11) is 0. The highest BCUT2D eigenvalue weighted by molar-refractivity contribution is 5.91. The minimum absolute atomic E-state index is 0.0240. The highest BCUT2D eigenvalue weighted by Gasteiger charge is 2.37. The van der Waals surface area contributed by atoms with Crippen LogP contribution in [-0.2, 0) is 19.1 Å². The van der Waals surface area contributed by atoms with Crippen molar-refractivity contribution in [3.63, 3.8) is 0 Å². The number of carbonyl (C=O) groups excluding carboxylic acids is 2. The molecule has 1 aliphatic carbocycles. The van der Waals surface area contributed by atoms with Gasteiger partial charge in [0.1, 0.15) is 12.2 Å². The Morgan fingerprint density at radius 1 is 1.04 bits per heavy atom. The zero-order valence-electron chi connectivity index (χ0n) is 14.3. The molecule has 0 N–H and O–H groups in total. The van der Waals surface area contributed by atoms with E-state index in [-0.39, 0.29) is 30.1 Å². The van der Waals surface area contributed by atoms with Gasteiger partial charge >= 0.3 is 11.9 Å². The predicted molar refractivity (Wildman–Crippen MR) is 91.1 cm³/mol. The fourth-order valence-electron chi connectivity index (χ4n) is 3.57. The number of fused-ring (bicyclic) bond motifs is 2. The van der Waals surface area contributed by atoms with E-state index in [0.29, 0.717) is 12.0 Å². The van der Waals surface area contributed by atoms with Crippen LogP contribution in [0.15, 0.2) is 47.1 Å². The molecule has 4 heteroatoms. The quantitative estimate of drug-likeness (QED) is 0.386. The second-order valence-electron chi connectivity index (χ2n) is 6.98. The lowest BCUT2D eigenvalue weighted by Gasteiger charge is -2.16. The summed E-state index contributed by atoms with van der Waals surface area (Å²) in [6.07, 6.45) is 9.56. The van der Waals surface area contributed by atoms with Crippen LogP contribution in [0.25, 0.3) is 0 Å². The molecule has 128 valence electrons. The van der Waals surface area contributed by atoms with Crippen LogP contribution >= 0.6 is 0 Å².